The van der Waals surface area contributed by atoms with Gasteiger partial charge >= 0.3 is 0 Å². The maximum absolute atomic E-state index is 12.9. The number of thioether (sulfide) groups is 2. The molecule has 3 amide bonds. The summed E-state index contributed by atoms with van der Waals surface area (Å²) in [5, 5.41) is 18.7. The molecule has 1 aromatic carbocycles. The van der Waals surface area contributed by atoms with Crippen molar-refractivity contribution in [2.24, 2.45) is 11.8 Å². The van der Waals surface area contributed by atoms with Crippen LogP contribution in [0.1, 0.15) is 65.0 Å². The Hall–Kier alpha value is -2.08. The molecule has 0 aromatic heterocycles. The van der Waals surface area contributed by atoms with Crippen molar-refractivity contribution in [3.05, 3.63) is 35.4 Å². The number of aliphatic hydroxyl groups is 1. The number of aldehydes is 1. The highest BCUT2D eigenvalue weighted by atomic mass is 32.2. The van der Waals surface area contributed by atoms with Crippen LogP contribution in [0, 0.1) is 11.8 Å². The van der Waals surface area contributed by atoms with E-state index in [1.165, 1.54) is 11.1 Å². The van der Waals surface area contributed by atoms with Crippen LogP contribution in [0.15, 0.2) is 24.3 Å². The normalized spacial score (nSPS) is 13.7. The maximum atomic E-state index is 12.9. The van der Waals surface area contributed by atoms with E-state index in [-0.39, 0.29) is 29.7 Å². The van der Waals surface area contributed by atoms with E-state index >= 15 is 0 Å². The minimum atomic E-state index is -0.552. The third kappa shape index (κ3) is 17.5. The number of carbonyl (C=O) groups is 4. The Balaban J connectivity index is 0.00000781. The van der Waals surface area contributed by atoms with Crippen LogP contribution in [0.4, 0.5) is 0 Å². The first-order chi connectivity index (χ1) is 19.6. The molecule has 0 aliphatic rings. The molecule has 0 saturated carbocycles. The number of likely N-dealkylation sites (N-methyl/N-ethyl adjacent to an activating group) is 1. The van der Waals surface area contributed by atoms with Crippen LogP contribution in [-0.2, 0) is 30.7 Å². The number of hydrogen-bond donors (Lipinski definition) is 5. The van der Waals surface area contributed by atoms with Gasteiger partial charge in [0.05, 0.1) is 12.1 Å². The molecule has 0 aliphatic carbocycles. The van der Waals surface area contributed by atoms with Crippen LogP contribution in [0.3, 0.4) is 0 Å². The Labute approximate surface area is 255 Å². The van der Waals surface area contributed by atoms with Crippen LogP contribution in [-0.4, -0.2) is 79.4 Å². The highest BCUT2D eigenvalue weighted by Gasteiger charge is 2.28. The molecular formula is C30H52N4O5S2. The molecule has 0 bridgehead atoms. The molecule has 11 heteroatoms. The zero-order chi connectivity index (χ0) is 31.2. The summed E-state index contributed by atoms with van der Waals surface area (Å²) in [4.78, 5) is 48.1. The molecule has 4 atom stereocenters. The minimum Gasteiger partial charge on any atom is -0.400 e. The summed E-state index contributed by atoms with van der Waals surface area (Å²) in [6.45, 7) is 10.4. The van der Waals surface area contributed by atoms with E-state index in [2.05, 4.69) is 53.3 Å². The Kier molecular flexibility index (Phi) is 22.3. The Morgan fingerprint density at radius 1 is 0.951 bits per heavy atom. The topological polar surface area (TPSA) is 137 Å². The molecule has 1 aromatic rings. The predicted octanol–water partition coefficient (Wildman–Crippen LogP) is 3.14. The fourth-order valence-electron chi connectivity index (χ4n) is 3.85. The zero-order valence-electron chi connectivity index (χ0n) is 25.8. The van der Waals surface area contributed by atoms with Gasteiger partial charge in [-0.3, -0.25) is 14.4 Å². The van der Waals surface area contributed by atoms with Gasteiger partial charge in [-0.05, 0) is 43.4 Å². The Morgan fingerprint density at radius 3 is 2.10 bits per heavy atom. The SMILES string of the molecule is CC[C@H](C)[C@H](NC(=O)[C@H](CC(C)C)NC)C(=O)NCCSCc1cccc(CSCCC(=O)N[C@@H](C)C=O)c1.CO. The quantitative estimate of drug-likeness (QED) is 0.112. The summed E-state index contributed by atoms with van der Waals surface area (Å²) in [5.41, 5.74) is 2.42. The lowest BCUT2D eigenvalue weighted by Gasteiger charge is -2.26. The molecule has 0 fully saturated rings. The fraction of sp³-hybridized carbons (Fsp3) is 0.667. The van der Waals surface area contributed by atoms with Crippen molar-refractivity contribution in [2.75, 3.05) is 32.2 Å². The first-order valence-electron chi connectivity index (χ1n) is 14.3. The van der Waals surface area contributed by atoms with Crippen molar-refractivity contribution in [1.29, 1.82) is 0 Å². The molecule has 0 spiro atoms. The van der Waals surface area contributed by atoms with Gasteiger partial charge in [0.25, 0.3) is 0 Å². The first-order valence-corrected chi connectivity index (χ1v) is 16.6. The number of rotatable bonds is 20. The predicted molar refractivity (Wildman–Crippen MR) is 172 cm³/mol. The minimum absolute atomic E-state index is 0.0352. The summed E-state index contributed by atoms with van der Waals surface area (Å²) >= 11 is 3.44. The monoisotopic (exact) mass is 612 g/mol. The van der Waals surface area contributed by atoms with Gasteiger partial charge in [0.2, 0.25) is 17.7 Å². The molecule has 9 nitrogen and oxygen atoms in total. The molecule has 234 valence electrons. The van der Waals surface area contributed by atoms with E-state index in [1.807, 2.05) is 19.9 Å². The molecule has 5 N–H and O–H groups in total. The molecule has 41 heavy (non-hydrogen) atoms. The van der Waals surface area contributed by atoms with Gasteiger partial charge in [-0.15, -0.1) is 0 Å². The maximum Gasteiger partial charge on any atom is 0.242 e. The second-order valence-electron chi connectivity index (χ2n) is 10.3. The average molecular weight is 613 g/mol. The third-order valence-electron chi connectivity index (χ3n) is 6.31. The first kappa shape index (κ1) is 38.9. The lowest BCUT2D eigenvalue weighted by atomic mass is 9.97. The zero-order valence-corrected chi connectivity index (χ0v) is 27.5. The Bertz CT molecular complexity index is 903. The van der Waals surface area contributed by atoms with Crippen molar-refractivity contribution < 1.29 is 24.3 Å². The molecule has 0 radical (unpaired) electrons. The third-order valence-corrected chi connectivity index (χ3v) is 8.37. The van der Waals surface area contributed by atoms with Crippen molar-refractivity contribution in [3.8, 4) is 0 Å². The number of aliphatic hydroxyl groups excluding tert-OH is 1. The number of hydrogen-bond acceptors (Lipinski definition) is 8. The van der Waals surface area contributed by atoms with Crippen LogP contribution in [0.2, 0.25) is 0 Å². The van der Waals surface area contributed by atoms with E-state index in [4.69, 9.17) is 5.11 Å². The van der Waals surface area contributed by atoms with Crippen LogP contribution < -0.4 is 21.3 Å². The van der Waals surface area contributed by atoms with E-state index in [0.717, 1.165) is 37.1 Å². The lowest BCUT2D eigenvalue weighted by Crippen LogP contribution is -2.55. The fourth-order valence-corrected chi connectivity index (χ4v) is 5.55. The summed E-state index contributed by atoms with van der Waals surface area (Å²) in [5.74, 6) is 3.16. The van der Waals surface area contributed by atoms with Crippen LogP contribution >= 0.6 is 23.5 Å². The number of carbonyl (C=O) groups excluding carboxylic acids is 4. The van der Waals surface area contributed by atoms with Crippen molar-refractivity contribution >= 4 is 47.5 Å². The summed E-state index contributed by atoms with van der Waals surface area (Å²) in [7, 11) is 2.77. The van der Waals surface area contributed by atoms with E-state index in [9.17, 15) is 19.2 Å². The Morgan fingerprint density at radius 2 is 1.56 bits per heavy atom. The molecule has 1 rings (SSSR count). The van der Waals surface area contributed by atoms with Crippen LogP contribution in [0.25, 0.3) is 0 Å². The van der Waals surface area contributed by atoms with Crippen molar-refractivity contribution in [3.63, 3.8) is 0 Å². The second-order valence-corrected chi connectivity index (χ2v) is 12.5. The molecular weight excluding hydrogens is 560 g/mol. The summed E-state index contributed by atoms with van der Waals surface area (Å²) in [6, 6.07) is 7.09. The number of nitrogens with one attached hydrogen (secondary N) is 4. The molecule has 0 heterocycles. The van der Waals surface area contributed by atoms with E-state index in [1.54, 1.807) is 37.5 Å². The highest BCUT2D eigenvalue weighted by molar-refractivity contribution is 7.98. The number of amides is 3. The van der Waals surface area contributed by atoms with Crippen molar-refractivity contribution in [2.45, 2.75) is 83.5 Å². The summed E-state index contributed by atoms with van der Waals surface area (Å²) < 4.78 is 0. The van der Waals surface area contributed by atoms with Gasteiger partial charge in [-0.25, -0.2) is 0 Å². The van der Waals surface area contributed by atoms with Gasteiger partial charge in [-0.1, -0.05) is 58.4 Å². The second kappa shape index (κ2) is 23.5. The van der Waals surface area contributed by atoms with Crippen molar-refractivity contribution in [1.82, 2.24) is 21.3 Å². The standard InChI is InChI=1S/C29H48N4O4S2.CH4O/c1-7-21(4)27(33-28(36)25(30-6)15-20(2)3)29(37)31-12-14-39-19-24-10-8-9-23(16-24)18-38-13-11-26(35)32-22(5)17-34;1-2/h8-10,16-17,20-22,25,27,30H,7,11-15,18-19H2,1-6H3,(H,31,37)(H,32,35)(H,33,36);2H,1H3/t21-,22-,25-,27-;/m0./s1. The smallest absolute Gasteiger partial charge is 0.242 e. The van der Waals surface area contributed by atoms with Gasteiger partial charge in [-0.2, -0.15) is 23.5 Å². The van der Waals surface area contributed by atoms with Gasteiger partial charge < -0.3 is 31.2 Å². The molecule has 0 aliphatic heterocycles. The highest BCUT2D eigenvalue weighted by Crippen LogP contribution is 2.18. The average Bonchev–Trinajstić information content (AvgIpc) is 2.97. The van der Waals surface area contributed by atoms with Gasteiger partial charge in [0.15, 0.2) is 0 Å². The largest absolute Gasteiger partial charge is 0.400 e. The lowest BCUT2D eigenvalue weighted by molar-refractivity contribution is -0.131. The molecule has 0 saturated heterocycles. The van der Waals surface area contributed by atoms with Crippen LogP contribution in [0.5, 0.6) is 0 Å². The van der Waals surface area contributed by atoms with E-state index in [0.29, 0.717) is 31.1 Å². The van der Waals surface area contributed by atoms with Gasteiger partial charge in [0, 0.05) is 43.1 Å². The summed E-state index contributed by atoms with van der Waals surface area (Å²) in [6.07, 6.45) is 2.62. The number of benzene rings is 1. The van der Waals surface area contributed by atoms with Gasteiger partial charge in [0.1, 0.15) is 12.3 Å². The molecule has 0 unspecified atom stereocenters. The van der Waals surface area contributed by atoms with E-state index < -0.39 is 12.1 Å².